The van der Waals surface area contributed by atoms with Crippen LogP contribution in [0.3, 0.4) is 0 Å². The molecule has 8 atom stereocenters. The molecule has 0 heterocycles. The first kappa shape index (κ1) is 49.5. The van der Waals surface area contributed by atoms with Gasteiger partial charge in [0.15, 0.2) is 46.0 Å². The van der Waals surface area contributed by atoms with E-state index in [4.69, 9.17) is 18.9 Å². The summed E-state index contributed by atoms with van der Waals surface area (Å²) >= 11 is 0. The molecule has 12 heteroatoms. The van der Waals surface area contributed by atoms with E-state index in [1.54, 1.807) is 76.2 Å². The lowest BCUT2D eigenvalue weighted by atomic mass is 9.77. The second-order valence-electron chi connectivity index (χ2n) is 16.0. The summed E-state index contributed by atoms with van der Waals surface area (Å²) < 4.78 is 20.5. The third-order valence-corrected chi connectivity index (χ3v) is 11.3. The van der Waals surface area contributed by atoms with Crippen LogP contribution in [0.4, 0.5) is 0 Å². The van der Waals surface area contributed by atoms with Crippen molar-refractivity contribution in [1.82, 2.24) is 0 Å². The van der Waals surface area contributed by atoms with Crippen molar-refractivity contribution < 1.29 is 59.8 Å². The van der Waals surface area contributed by atoms with Gasteiger partial charge in [0.05, 0.1) is 52.9 Å². The van der Waals surface area contributed by atoms with E-state index in [-0.39, 0.29) is 46.7 Å². The van der Waals surface area contributed by atoms with Crippen LogP contribution in [0.2, 0.25) is 0 Å². The summed E-state index contributed by atoms with van der Waals surface area (Å²) in [7, 11) is 6.02. The van der Waals surface area contributed by atoms with Gasteiger partial charge in [-0.1, -0.05) is 24.3 Å². The maximum atomic E-state index is 10.6. The Hall–Kier alpha value is -4.88. The molecule has 0 bridgehead atoms. The third kappa shape index (κ3) is 15.3. The highest BCUT2D eigenvalue weighted by atomic mass is 16.5. The highest BCUT2D eigenvalue weighted by Crippen LogP contribution is 2.36. The lowest BCUT2D eigenvalue weighted by Crippen LogP contribution is -2.30. The lowest BCUT2D eigenvalue weighted by Gasteiger charge is -2.30. The van der Waals surface area contributed by atoms with Gasteiger partial charge >= 0.3 is 0 Å². The molecule has 0 aliphatic heterocycles. The minimum Gasteiger partial charge on any atom is -0.504 e. The average Bonchev–Trinajstić information content (AvgIpc) is 3.19. The van der Waals surface area contributed by atoms with E-state index < -0.39 is 24.4 Å². The van der Waals surface area contributed by atoms with Gasteiger partial charge < -0.3 is 59.8 Å². The highest BCUT2D eigenvalue weighted by Gasteiger charge is 2.29. The van der Waals surface area contributed by atoms with Crippen LogP contribution in [0.5, 0.6) is 46.0 Å². The van der Waals surface area contributed by atoms with Crippen LogP contribution in [0.1, 0.15) is 75.6 Å². The molecule has 0 saturated heterocycles. The number of aromatic hydroxyl groups is 4. The van der Waals surface area contributed by atoms with Crippen LogP contribution < -0.4 is 18.9 Å². The number of methoxy groups -OCH3 is 4. The molecule has 0 spiro atoms. The molecular formula is C48H68O12. The van der Waals surface area contributed by atoms with E-state index in [2.05, 4.69) is 0 Å². The fourth-order valence-corrected chi connectivity index (χ4v) is 7.91. The van der Waals surface area contributed by atoms with Crippen molar-refractivity contribution in [3.63, 3.8) is 0 Å². The van der Waals surface area contributed by atoms with Crippen molar-refractivity contribution >= 4 is 0 Å². The number of phenols is 4. The second-order valence-corrected chi connectivity index (χ2v) is 16.0. The summed E-state index contributed by atoms with van der Waals surface area (Å²) in [6.07, 6.45) is 3.07. The maximum absolute atomic E-state index is 10.6. The van der Waals surface area contributed by atoms with E-state index in [1.807, 2.05) is 24.3 Å². The average molecular weight is 837 g/mol. The van der Waals surface area contributed by atoms with Crippen LogP contribution >= 0.6 is 0 Å². The summed E-state index contributed by atoms with van der Waals surface area (Å²) in [5.41, 5.74) is 3.68. The molecule has 0 aliphatic carbocycles. The second kappa shape index (κ2) is 24.4. The SMILES string of the molecule is COc1ccc(C[C@@H](CC[C@@H](C)O)[C@@H](Cc2ccc(OC)c(O)c2)[C@@H](C)O)cc1O.COc1ccc(C[C@H](CC[C@@H](C)O)[C@H](Cc2ccc(OC)c(O)c2)[C@@H](C)O)cc1O. The van der Waals surface area contributed by atoms with E-state index in [0.717, 1.165) is 35.1 Å². The molecule has 60 heavy (non-hydrogen) atoms. The first-order valence-corrected chi connectivity index (χ1v) is 20.7. The predicted octanol–water partition coefficient (Wildman–Crippen LogP) is 7.35. The quantitative estimate of drug-likeness (QED) is 0.0392. The summed E-state index contributed by atoms with van der Waals surface area (Å²) in [5.74, 6) is 1.89. The molecule has 12 nitrogen and oxygen atoms in total. The highest BCUT2D eigenvalue weighted by molar-refractivity contribution is 5.44. The summed E-state index contributed by atoms with van der Waals surface area (Å²) in [4.78, 5) is 0. The number of phenolic OH excluding ortho intramolecular Hbond substituents is 4. The zero-order valence-electron chi connectivity index (χ0n) is 36.4. The van der Waals surface area contributed by atoms with Crippen molar-refractivity contribution in [2.24, 2.45) is 23.7 Å². The van der Waals surface area contributed by atoms with Crippen LogP contribution in [-0.2, 0) is 25.7 Å². The molecule has 0 aliphatic rings. The Morgan fingerprint density at radius 3 is 0.833 bits per heavy atom. The largest absolute Gasteiger partial charge is 0.504 e. The third-order valence-electron chi connectivity index (χ3n) is 11.3. The first-order chi connectivity index (χ1) is 28.5. The van der Waals surface area contributed by atoms with Gasteiger partial charge in [-0.05, 0) is 174 Å². The molecule has 0 amide bonds. The first-order valence-electron chi connectivity index (χ1n) is 20.7. The molecule has 332 valence electrons. The summed E-state index contributed by atoms with van der Waals surface area (Å²) in [5, 5.41) is 81.3. The molecule has 0 aromatic heterocycles. The molecule has 8 N–H and O–H groups in total. The minimum atomic E-state index is -0.583. The summed E-state index contributed by atoms with van der Waals surface area (Å²) in [6, 6.07) is 21.2. The van der Waals surface area contributed by atoms with Gasteiger partial charge in [-0.3, -0.25) is 0 Å². The van der Waals surface area contributed by atoms with Crippen molar-refractivity contribution in [2.45, 2.75) is 103 Å². The minimum absolute atomic E-state index is 0.0663. The number of rotatable bonds is 22. The van der Waals surface area contributed by atoms with E-state index in [1.165, 1.54) is 28.4 Å². The van der Waals surface area contributed by atoms with Gasteiger partial charge in [0.25, 0.3) is 0 Å². The predicted molar refractivity (Wildman–Crippen MR) is 233 cm³/mol. The molecule has 4 aromatic carbocycles. The Kier molecular flexibility index (Phi) is 20.1. The number of ether oxygens (including phenoxy) is 4. The van der Waals surface area contributed by atoms with Gasteiger partial charge in [0, 0.05) is 0 Å². The number of benzene rings is 4. The topological polar surface area (TPSA) is 199 Å². The van der Waals surface area contributed by atoms with E-state index in [9.17, 15) is 40.9 Å². The van der Waals surface area contributed by atoms with Crippen LogP contribution in [-0.4, -0.2) is 93.7 Å². The number of aliphatic hydroxyl groups is 4. The standard InChI is InChI=1S/2C24H34O6/c2*1-15(25)5-8-19(11-17-6-9-23(29-3)21(27)13-17)20(16(2)26)12-18-7-10-24(30-4)22(28)14-18/h2*6-7,9-10,13-16,19-20,25-28H,5,8,11-12H2,1-4H3/t15-,16-,19+,20-;15-,16-,19-,20+/m11/s1. The van der Waals surface area contributed by atoms with E-state index in [0.29, 0.717) is 61.5 Å². The Labute approximate surface area is 355 Å². The fraction of sp³-hybridized carbons (Fsp3) is 0.500. The fourth-order valence-electron chi connectivity index (χ4n) is 7.91. The number of hydrogen-bond acceptors (Lipinski definition) is 12. The van der Waals surface area contributed by atoms with Gasteiger partial charge in [-0.25, -0.2) is 0 Å². The van der Waals surface area contributed by atoms with Crippen LogP contribution in [0, 0.1) is 23.7 Å². The normalized spacial score (nSPS) is 15.3. The molecule has 0 fully saturated rings. The Morgan fingerprint density at radius 2 is 0.633 bits per heavy atom. The zero-order valence-corrected chi connectivity index (χ0v) is 36.4. The van der Waals surface area contributed by atoms with E-state index >= 15 is 0 Å². The molecule has 0 unspecified atom stereocenters. The monoisotopic (exact) mass is 836 g/mol. The lowest BCUT2D eigenvalue weighted by molar-refractivity contribution is 0.0750. The molecule has 0 saturated carbocycles. The molecule has 4 aromatic rings. The molecule has 4 rings (SSSR count). The van der Waals surface area contributed by atoms with Gasteiger partial charge in [0.1, 0.15) is 0 Å². The zero-order chi connectivity index (χ0) is 44.5. The van der Waals surface area contributed by atoms with Gasteiger partial charge in [-0.2, -0.15) is 0 Å². The summed E-state index contributed by atoms with van der Waals surface area (Å²) in [6.45, 7) is 7.06. The van der Waals surface area contributed by atoms with Crippen LogP contribution in [0.15, 0.2) is 72.8 Å². The molecule has 0 radical (unpaired) electrons. The van der Waals surface area contributed by atoms with Crippen molar-refractivity contribution in [2.75, 3.05) is 28.4 Å². The van der Waals surface area contributed by atoms with Crippen molar-refractivity contribution in [3.8, 4) is 46.0 Å². The smallest absolute Gasteiger partial charge is 0.160 e. The van der Waals surface area contributed by atoms with Crippen molar-refractivity contribution in [3.05, 3.63) is 95.1 Å². The Morgan fingerprint density at radius 1 is 0.383 bits per heavy atom. The van der Waals surface area contributed by atoms with Gasteiger partial charge in [-0.15, -0.1) is 0 Å². The maximum Gasteiger partial charge on any atom is 0.160 e. The number of hydrogen-bond donors (Lipinski definition) is 8. The Balaban J connectivity index is 0.000000320. The molecular weight excluding hydrogens is 769 g/mol. The van der Waals surface area contributed by atoms with Crippen LogP contribution in [0.25, 0.3) is 0 Å². The van der Waals surface area contributed by atoms with Crippen molar-refractivity contribution in [1.29, 1.82) is 0 Å². The number of aliphatic hydroxyl groups excluding tert-OH is 4. The Bertz CT molecular complexity index is 1740. The van der Waals surface area contributed by atoms with Gasteiger partial charge in [0.2, 0.25) is 0 Å².